The first-order chi connectivity index (χ1) is 11.0. The molecule has 1 atom stereocenters. The minimum absolute atomic E-state index is 0.204. The van der Waals surface area contributed by atoms with Gasteiger partial charge in [-0.05, 0) is 23.6 Å². The number of hydrogen-bond acceptors (Lipinski definition) is 6. The number of benzene rings is 1. The molecular formula is C16H23FN4O2. The molecule has 7 heteroatoms. The van der Waals surface area contributed by atoms with Crippen LogP contribution < -0.4 is 5.73 Å². The summed E-state index contributed by atoms with van der Waals surface area (Å²) >= 11 is 0. The van der Waals surface area contributed by atoms with Crippen LogP contribution >= 0.6 is 0 Å². The lowest BCUT2D eigenvalue weighted by Gasteiger charge is -2.25. The van der Waals surface area contributed by atoms with Gasteiger partial charge >= 0.3 is 0 Å². The lowest BCUT2D eigenvalue weighted by molar-refractivity contribution is 0.0995. The third kappa shape index (κ3) is 5.38. The average molecular weight is 322 g/mol. The van der Waals surface area contributed by atoms with Crippen LogP contribution in [0.2, 0.25) is 0 Å². The van der Waals surface area contributed by atoms with Gasteiger partial charge in [-0.2, -0.15) is 4.98 Å². The molecule has 1 aromatic heterocycles. The molecule has 6 nitrogen and oxygen atoms in total. The largest absolute Gasteiger partial charge is 0.387 e. The Morgan fingerprint density at radius 2 is 1.96 bits per heavy atom. The summed E-state index contributed by atoms with van der Waals surface area (Å²) in [5, 5.41) is 14.3. The molecule has 0 aliphatic carbocycles. The van der Waals surface area contributed by atoms with Gasteiger partial charge in [-0.15, -0.1) is 0 Å². The van der Waals surface area contributed by atoms with E-state index in [0.29, 0.717) is 36.3 Å². The third-order valence-electron chi connectivity index (χ3n) is 3.36. The van der Waals surface area contributed by atoms with Crippen molar-refractivity contribution in [1.29, 1.82) is 0 Å². The minimum Gasteiger partial charge on any atom is -0.387 e. The van der Waals surface area contributed by atoms with Gasteiger partial charge in [0.15, 0.2) is 5.82 Å². The van der Waals surface area contributed by atoms with Crippen molar-refractivity contribution < 1.29 is 14.0 Å². The Morgan fingerprint density at radius 3 is 2.52 bits per heavy atom. The van der Waals surface area contributed by atoms with Crippen molar-refractivity contribution in [3.8, 4) is 0 Å². The summed E-state index contributed by atoms with van der Waals surface area (Å²) in [7, 11) is 0. The van der Waals surface area contributed by atoms with Crippen LogP contribution in [0.1, 0.15) is 37.2 Å². The summed E-state index contributed by atoms with van der Waals surface area (Å²) in [5.74, 6) is 1.03. The highest BCUT2D eigenvalue weighted by Crippen LogP contribution is 2.17. The van der Waals surface area contributed by atoms with Crippen molar-refractivity contribution in [3.05, 3.63) is 47.4 Å². The van der Waals surface area contributed by atoms with Crippen molar-refractivity contribution in [2.75, 3.05) is 13.1 Å². The van der Waals surface area contributed by atoms with Gasteiger partial charge in [0.05, 0.1) is 19.2 Å². The lowest BCUT2D eigenvalue weighted by Crippen LogP contribution is -2.32. The molecule has 0 aliphatic heterocycles. The summed E-state index contributed by atoms with van der Waals surface area (Å²) in [5.41, 5.74) is 6.14. The quantitative estimate of drug-likeness (QED) is 0.771. The van der Waals surface area contributed by atoms with Crippen LogP contribution in [0.4, 0.5) is 4.39 Å². The Labute approximate surface area is 135 Å². The van der Waals surface area contributed by atoms with Gasteiger partial charge in [-0.25, -0.2) is 4.39 Å². The Morgan fingerprint density at radius 1 is 1.26 bits per heavy atom. The van der Waals surface area contributed by atoms with E-state index >= 15 is 0 Å². The first kappa shape index (κ1) is 17.5. The number of nitrogens with two attached hydrogens (primary N) is 1. The normalized spacial score (nSPS) is 13.0. The van der Waals surface area contributed by atoms with Gasteiger partial charge in [0.1, 0.15) is 5.82 Å². The molecule has 0 amide bonds. The van der Waals surface area contributed by atoms with Gasteiger partial charge in [0.25, 0.3) is 0 Å². The Balaban J connectivity index is 2.03. The number of aromatic nitrogens is 2. The molecular weight excluding hydrogens is 299 g/mol. The van der Waals surface area contributed by atoms with E-state index in [2.05, 4.69) is 24.0 Å². The molecule has 2 rings (SSSR count). The fourth-order valence-corrected chi connectivity index (χ4v) is 2.39. The summed E-state index contributed by atoms with van der Waals surface area (Å²) < 4.78 is 18.0. The van der Waals surface area contributed by atoms with Gasteiger partial charge in [-0.1, -0.05) is 31.1 Å². The molecule has 1 unspecified atom stereocenters. The highest BCUT2D eigenvalue weighted by molar-refractivity contribution is 5.18. The van der Waals surface area contributed by atoms with Gasteiger partial charge in [0, 0.05) is 13.1 Å². The Hall–Kier alpha value is -1.83. The highest BCUT2D eigenvalue weighted by Gasteiger charge is 2.17. The lowest BCUT2D eigenvalue weighted by atomic mass is 10.1. The first-order valence-corrected chi connectivity index (χ1v) is 7.65. The first-order valence-electron chi connectivity index (χ1n) is 7.65. The fourth-order valence-electron chi connectivity index (χ4n) is 2.39. The zero-order valence-electron chi connectivity index (χ0n) is 13.4. The van der Waals surface area contributed by atoms with E-state index in [1.807, 2.05) is 4.90 Å². The van der Waals surface area contributed by atoms with E-state index in [1.165, 1.54) is 12.1 Å². The van der Waals surface area contributed by atoms with Crippen LogP contribution in [0.3, 0.4) is 0 Å². The molecule has 2 aromatic rings. The number of halogens is 1. The summed E-state index contributed by atoms with van der Waals surface area (Å²) in [6.07, 6.45) is -0.713. The fraction of sp³-hybridized carbons (Fsp3) is 0.500. The number of hydrogen-bond donors (Lipinski definition) is 2. The molecule has 23 heavy (non-hydrogen) atoms. The van der Waals surface area contributed by atoms with Crippen LogP contribution in [0.25, 0.3) is 0 Å². The summed E-state index contributed by atoms with van der Waals surface area (Å²) in [6.45, 7) is 6.02. The van der Waals surface area contributed by atoms with Gasteiger partial charge in [-0.3, -0.25) is 4.90 Å². The second-order valence-corrected chi connectivity index (χ2v) is 5.96. The maximum Gasteiger partial charge on any atom is 0.240 e. The number of aliphatic hydroxyl groups excluding tert-OH is 1. The van der Waals surface area contributed by atoms with Crippen molar-refractivity contribution in [1.82, 2.24) is 15.0 Å². The number of nitrogens with zero attached hydrogens (tertiary/aromatic N) is 3. The van der Waals surface area contributed by atoms with Crippen LogP contribution in [0, 0.1) is 11.7 Å². The minimum atomic E-state index is -0.713. The molecule has 0 saturated heterocycles. The van der Waals surface area contributed by atoms with E-state index < -0.39 is 6.10 Å². The summed E-state index contributed by atoms with van der Waals surface area (Å²) in [6, 6.07) is 5.87. The van der Waals surface area contributed by atoms with Crippen molar-refractivity contribution in [3.63, 3.8) is 0 Å². The molecule has 1 heterocycles. The standard InChI is InChI=1S/C16H23FN4O2/c1-11(2)8-21(10-15-19-16(7-18)23-20-15)9-14(22)12-3-5-13(17)6-4-12/h3-6,11,14,22H,7-10,18H2,1-2H3. The second kappa shape index (κ2) is 8.14. The number of aliphatic hydroxyl groups is 1. The summed E-state index contributed by atoms with van der Waals surface area (Å²) in [4.78, 5) is 6.24. The number of rotatable bonds is 8. The molecule has 3 N–H and O–H groups in total. The van der Waals surface area contributed by atoms with E-state index in [-0.39, 0.29) is 12.4 Å². The zero-order chi connectivity index (χ0) is 16.8. The van der Waals surface area contributed by atoms with Crippen LogP contribution in [0.5, 0.6) is 0 Å². The van der Waals surface area contributed by atoms with Crippen LogP contribution in [-0.4, -0.2) is 33.2 Å². The van der Waals surface area contributed by atoms with Crippen LogP contribution in [0.15, 0.2) is 28.8 Å². The molecule has 126 valence electrons. The molecule has 0 bridgehead atoms. The van der Waals surface area contributed by atoms with Crippen LogP contribution in [-0.2, 0) is 13.1 Å². The molecule has 0 fully saturated rings. The van der Waals surface area contributed by atoms with E-state index in [0.717, 1.165) is 6.54 Å². The topological polar surface area (TPSA) is 88.4 Å². The molecule has 0 aliphatic rings. The van der Waals surface area contributed by atoms with Crippen molar-refractivity contribution in [2.24, 2.45) is 11.7 Å². The predicted octanol–water partition coefficient (Wildman–Crippen LogP) is 1.86. The molecule has 1 aromatic carbocycles. The third-order valence-corrected chi connectivity index (χ3v) is 3.36. The Kier molecular flexibility index (Phi) is 6.20. The molecule has 0 spiro atoms. The van der Waals surface area contributed by atoms with Crippen molar-refractivity contribution >= 4 is 0 Å². The zero-order valence-corrected chi connectivity index (χ0v) is 13.4. The molecule has 0 saturated carbocycles. The SMILES string of the molecule is CC(C)CN(Cc1noc(CN)n1)CC(O)c1ccc(F)cc1. The highest BCUT2D eigenvalue weighted by atomic mass is 19.1. The molecule has 0 radical (unpaired) electrons. The smallest absolute Gasteiger partial charge is 0.240 e. The maximum atomic E-state index is 13.0. The van der Waals surface area contributed by atoms with Gasteiger partial charge in [0.2, 0.25) is 5.89 Å². The maximum absolute atomic E-state index is 13.0. The Bertz CT molecular complexity index is 600. The van der Waals surface area contributed by atoms with Gasteiger partial charge < -0.3 is 15.4 Å². The predicted molar refractivity (Wildman–Crippen MR) is 83.7 cm³/mol. The van der Waals surface area contributed by atoms with E-state index in [1.54, 1.807) is 12.1 Å². The second-order valence-electron chi connectivity index (χ2n) is 5.96. The van der Waals surface area contributed by atoms with E-state index in [9.17, 15) is 9.50 Å². The monoisotopic (exact) mass is 322 g/mol. The van der Waals surface area contributed by atoms with Crippen molar-refractivity contribution in [2.45, 2.75) is 33.0 Å². The average Bonchev–Trinajstić information content (AvgIpc) is 2.94. The van der Waals surface area contributed by atoms with E-state index in [4.69, 9.17) is 10.3 Å².